The molecule has 5 fully saturated rings. The zero-order chi connectivity index (χ0) is 25.3. The lowest BCUT2D eigenvalue weighted by molar-refractivity contribution is -0.161. The second-order valence-corrected chi connectivity index (χ2v) is 13.4. The third kappa shape index (κ3) is 3.86. The van der Waals surface area contributed by atoms with Crippen LogP contribution in [-0.2, 0) is 11.3 Å². The molecular formula is C31H37N3O2S. The first-order chi connectivity index (χ1) is 17.9. The Labute approximate surface area is 223 Å². The normalized spacial score (nSPS) is 30.9. The fourth-order valence-electron chi connectivity index (χ4n) is 8.55. The van der Waals surface area contributed by atoms with Crippen LogP contribution in [0.4, 0.5) is 0 Å². The van der Waals surface area contributed by atoms with Crippen molar-refractivity contribution in [3.05, 3.63) is 58.6 Å². The summed E-state index contributed by atoms with van der Waals surface area (Å²) in [5, 5.41) is 3.23. The summed E-state index contributed by atoms with van der Waals surface area (Å²) in [7, 11) is 0. The van der Waals surface area contributed by atoms with Gasteiger partial charge in [0.15, 0.2) is 0 Å². The topological polar surface area (TPSA) is 45.6 Å². The van der Waals surface area contributed by atoms with Crippen LogP contribution in [0.2, 0.25) is 0 Å². The van der Waals surface area contributed by atoms with E-state index in [1.807, 2.05) is 4.90 Å². The zero-order valence-corrected chi connectivity index (χ0v) is 22.8. The molecule has 4 saturated carbocycles. The largest absolute Gasteiger partial charge is 0.336 e. The van der Waals surface area contributed by atoms with E-state index in [0.29, 0.717) is 32.1 Å². The Kier molecular flexibility index (Phi) is 5.54. The van der Waals surface area contributed by atoms with Gasteiger partial charge in [0, 0.05) is 37.6 Å². The van der Waals surface area contributed by atoms with Crippen molar-refractivity contribution in [1.29, 1.82) is 0 Å². The second kappa shape index (κ2) is 8.72. The van der Waals surface area contributed by atoms with Crippen molar-refractivity contribution in [2.24, 2.45) is 23.2 Å². The third-order valence-corrected chi connectivity index (χ3v) is 10.9. The van der Waals surface area contributed by atoms with Gasteiger partial charge in [0.2, 0.25) is 5.91 Å². The maximum absolute atomic E-state index is 14.0. The molecule has 0 N–H and O–H groups in total. The van der Waals surface area contributed by atoms with E-state index in [1.54, 1.807) is 11.3 Å². The molecule has 1 aromatic carbocycles. The van der Waals surface area contributed by atoms with Gasteiger partial charge in [-0.15, -0.1) is 11.3 Å². The molecule has 2 amide bonds. The van der Waals surface area contributed by atoms with E-state index in [4.69, 9.17) is 0 Å². The highest BCUT2D eigenvalue weighted by atomic mass is 32.1. The van der Waals surface area contributed by atoms with Crippen molar-refractivity contribution in [3.8, 4) is 0 Å². The van der Waals surface area contributed by atoms with Crippen LogP contribution in [-0.4, -0.2) is 51.9 Å². The van der Waals surface area contributed by atoms with Gasteiger partial charge in [-0.3, -0.25) is 9.59 Å². The van der Waals surface area contributed by atoms with E-state index in [0.717, 1.165) is 52.9 Å². The van der Waals surface area contributed by atoms with Crippen LogP contribution in [0.1, 0.15) is 67.1 Å². The number of thiophene rings is 1. The molecule has 0 spiro atoms. The Hall–Kier alpha value is -2.60. The maximum atomic E-state index is 14.0. The zero-order valence-electron chi connectivity index (χ0n) is 22.0. The smallest absolute Gasteiger partial charge is 0.270 e. The standard InChI is InChI=1S/C31H37N3O2S/c1-20-5-3-4-6-26(20)19-34-27(14-25-7-10-37-29(25)34)28(35)32-8-9-33(21(2)18-32)30(36)31-15-22-11-23(16-31)13-24(12-22)17-31/h3-7,10,14,21-24H,8-9,11-13,15-19H2,1-2H3/t21-,22?,23?,24?,31?/m1/s1. The Balaban J connectivity index is 1.10. The number of fused-ring (bicyclic) bond motifs is 1. The molecule has 37 heavy (non-hydrogen) atoms. The van der Waals surface area contributed by atoms with E-state index in [9.17, 15) is 9.59 Å². The van der Waals surface area contributed by atoms with E-state index >= 15 is 0 Å². The predicted molar refractivity (Wildman–Crippen MR) is 148 cm³/mol. The molecule has 0 unspecified atom stereocenters. The molecule has 5 nitrogen and oxygen atoms in total. The fourth-order valence-corrected chi connectivity index (χ4v) is 9.45. The number of piperazine rings is 1. The number of amides is 2. The lowest BCUT2D eigenvalue weighted by atomic mass is 9.49. The van der Waals surface area contributed by atoms with Gasteiger partial charge in [-0.2, -0.15) is 0 Å². The molecule has 1 aliphatic heterocycles. The summed E-state index contributed by atoms with van der Waals surface area (Å²) in [5.41, 5.74) is 3.13. The van der Waals surface area contributed by atoms with E-state index < -0.39 is 0 Å². The molecule has 1 saturated heterocycles. The molecule has 8 rings (SSSR count). The summed E-state index contributed by atoms with van der Waals surface area (Å²) >= 11 is 1.70. The van der Waals surface area contributed by atoms with Gasteiger partial charge >= 0.3 is 0 Å². The van der Waals surface area contributed by atoms with Gasteiger partial charge in [-0.05, 0) is 98.8 Å². The first-order valence-electron chi connectivity index (χ1n) is 14.1. The van der Waals surface area contributed by atoms with Crippen LogP contribution in [0.25, 0.3) is 10.2 Å². The number of benzene rings is 1. The van der Waals surface area contributed by atoms with E-state index in [-0.39, 0.29) is 17.4 Å². The van der Waals surface area contributed by atoms with Crippen molar-refractivity contribution in [2.45, 2.75) is 65.0 Å². The fraction of sp³-hybridized carbons (Fsp3) is 0.548. The quantitative estimate of drug-likeness (QED) is 0.431. The number of nitrogens with zero attached hydrogens (tertiary/aromatic N) is 3. The lowest BCUT2D eigenvalue weighted by Crippen LogP contribution is -2.61. The highest BCUT2D eigenvalue weighted by Crippen LogP contribution is 2.60. The minimum absolute atomic E-state index is 0.0547. The van der Waals surface area contributed by atoms with Gasteiger partial charge in [-0.1, -0.05) is 24.3 Å². The third-order valence-electron chi connectivity index (χ3n) is 9.98. The van der Waals surface area contributed by atoms with Gasteiger partial charge < -0.3 is 14.4 Å². The lowest BCUT2D eigenvalue weighted by Gasteiger charge is -2.57. The Morgan fingerprint density at radius 1 is 1.00 bits per heavy atom. The molecular weight excluding hydrogens is 478 g/mol. The molecule has 5 aliphatic rings. The number of aromatic nitrogens is 1. The SMILES string of the molecule is Cc1ccccc1Cn1c(C(=O)N2CCN(C(=O)C34CC5CC(CC(C5)C3)C4)[C@H](C)C2)cc2ccsc21. The van der Waals surface area contributed by atoms with Crippen molar-refractivity contribution >= 4 is 33.4 Å². The Morgan fingerprint density at radius 3 is 2.38 bits per heavy atom. The molecule has 194 valence electrons. The molecule has 1 atom stereocenters. The first kappa shape index (κ1) is 23.5. The Morgan fingerprint density at radius 2 is 1.70 bits per heavy atom. The average molecular weight is 516 g/mol. The number of aryl methyl sites for hydroxylation is 1. The summed E-state index contributed by atoms with van der Waals surface area (Å²) < 4.78 is 2.20. The molecule has 3 heterocycles. The van der Waals surface area contributed by atoms with Crippen LogP contribution in [0, 0.1) is 30.1 Å². The highest BCUT2D eigenvalue weighted by molar-refractivity contribution is 7.16. The van der Waals surface area contributed by atoms with Crippen LogP contribution >= 0.6 is 11.3 Å². The number of hydrogen-bond acceptors (Lipinski definition) is 3. The molecule has 4 bridgehead atoms. The summed E-state index contributed by atoms with van der Waals surface area (Å²) in [4.78, 5) is 33.2. The van der Waals surface area contributed by atoms with Crippen LogP contribution in [0.15, 0.2) is 41.8 Å². The predicted octanol–water partition coefficient (Wildman–Crippen LogP) is 5.95. The van der Waals surface area contributed by atoms with Crippen LogP contribution < -0.4 is 0 Å². The molecule has 3 aromatic rings. The summed E-state index contributed by atoms with van der Waals surface area (Å²) in [6.45, 7) is 6.85. The summed E-state index contributed by atoms with van der Waals surface area (Å²) in [6.07, 6.45) is 7.37. The Bertz CT molecular complexity index is 1330. The molecule has 4 aliphatic carbocycles. The molecule has 2 aromatic heterocycles. The minimum Gasteiger partial charge on any atom is -0.336 e. The van der Waals surface area contributed by atoms with Gasteiger partial charge in [-0.25, -0.2) is 0 Å². The van der Waals surface area contributed by atoms with Crippen LogP contribution in [0.5, 0.6) is 0 Å². The number of rotatable bonds is 4. The molecule has 0 radical (unpaired) electrons. The van der Waals surface area contributed by atoms with Crippen molar-refractivity contribution in [2.75, 3.05) is 19.6 Å². The molecule has 6 heteroatoms. The summed E-state index contributed by atoms with van der Waals surface area (Å²) in [6, 6.07) is 12.6. The second-order valence-electron chi connectivity index (χ2n) is 12.5. The van der Waals surface area contributed by atoms with Gasteiger partial charge in [0.25, 0.3) is 5.91 Å². The summed E-state index contributed by atoms with van der Waals surface area (Å²) in [5.74, 6) is 2.79. The minimum atomic E-state index is -0.109. The van der Waals surface area contributed by atoms with Crippen molar-refractivity contribution in [3.63, 3.8) is 0 Å². The van der Waals surface area contributed by atoms with Crippen molar-refractivity contribution < 1.29 is 9.59 Å². The van der Waals surface area contributed by atoms with E-state index in [2.05, 4.69) is 65.1 Å². The van der Waals surface area contributed by atoms with E-state index in [1.165, 1.54) is 30.4 Å². The average Bonchev–Trinajstić information content (AvgIpc) is 3.46. The number of carbonyl (C=O) groups excluding carboxylic acids is 2. The van der Waals surface area contributed by atoms with Gasteiger partial charge in [0.1, 0.15) is 10.5 Å². The maximum Gasteiger partial charge on any atom is 0.270 e. The van der Waals surface area contributed by atoms with Crippen molar-refractivity contribution in [1.82, 2.24) is 14.4 Å². The van der Waals surface area contributed by atoms with Crippen LogP contribution in [0.3, 0.4) is 0 Å². The number of hydrogen-bond donors (Lipinski definition) is 0. The highest BCUT2D eigenvalue weighted by Gasteiger charge is 2.56. The number of carbonyl (C=O) groups is 2. The van der Waals surface area contributed by atoms with Gasteiger partial charge in [0.05, 0.1) is 5.41 Å². The first-order valence-corrected chi connectivity index (χ1v) is 15.0. The monoisotopic (exact) mass is 515 g/mol.